The summed E-state index contributed by atoms with van der Waals surface area (Å²) in [5, 5.41) is 0. The molecule has 1 nitrogen and oxygen atoms in total. The van der Waals surface area contributed by atoms with E-state index in [4.69, 9.17) is 0 Å². The highest BCUT2D eigenvalue weighted by molar-refractivity contribution is 5.65. The first-order chi connectivity index (χ1) is 8.91. The molecule has 0 aromatic rings. The Morgan fingerprint density at radius 3 is 1.89 bits per heavy atom. The van der Waals surface area contributed by atoms with Crippen LogP contribution in [0.2, 0.25) is 0 Å². The molecule has 0 N–H and O–H groups in total. The molecule has 0 rings (SSSR count). The number of carbonyl (C=O) groups is 1. The number of allylic oxidation sites excluding steroid dienone is 8. The zero-order valence-corrected chi connectivity index (χ0v) is 11.6. The highest BCUT2D eigenvalue weighted by Gasteiger charge is 1.87. The highest BCUT2D eigenvalue weighted by atomic mass is 16.1. The van der Waals surface area contributed by atoms with E-state index in [2.05, 4.69) is 19.1 Å². The van der Waals surface area contributed by atoms with Gasteiger partial charge in [0.15, 0.2) is 0 Å². The van der Waals surface area contributed by atoms with E-state index in [1.165, 1.54) is 51.0 Å². The van der Waals surface area contributed by atoms with Gasteiger partial charge >= 0.3 is 0 Å². The lowest BCUT2D eigenvalue weighted by Gasteiger charge is -1.97. The van der Waals surface area contributed by atoms with Gasteiger partial charge in [0.25, 0.3) is 0 Å². The maximum Gasteiger partial charge on any atom is 0.142 e. The fourth-order valence-corrected chi connectivity index (χ4v) is 1.58. The minimum atomic E-state index is 0.772. The molecule has 0 amide bonds. The van der Waals surface area contributed by atoms with Crippen LogP contribution in [-0.2, 0) is 4.79 Å². The molecule has 0 aliphatic heterocycles. The quantitative estimate of drug-likeness (QED) is 0.213. The molecular formula is C17H26O. The summed E-state index contributed by atoms with van der Waals surface area (Å²) in [7, 11) is 0. The minimum absolute atomic E-state index is 0.772. The Bertz CT molecular complexity index is 282. The lowest BCUT2D eigenvalue weighted by molar-refractivity contribution is -0.104. The molecule has 0 bridgehead atoms. The molecule has 0 heterocycles. The van der Waals surface area contributed by atoms with Gasteiger partial charge in [-0.25, -0.2) is 0 Å². The molecule has 0 atom stereocenters. The van der Waals surface area contributed by atoms with E-state index in [1.54, 1.807) is 6.08 Å². The first-order valence-electron chi connectivity index (χ1n) is 7.02. The summed E-state index contributed by atoms with van der Waals surface area (Å²) in [4.78, 5) is 9.97. The summed E-state index contributed by atoms with van der Waals surface area (Å²) in [6.07, 6.45) is 25.3. The molecule has 0 radical (unpaired) electrons. The van der Waals surface area contributed by atoms with Crippen molar-refractivity contribution >= 4 is 6.29 Å². The normalized spacial score (nSPS) is 12.5. The molecule has 0 spiro atoms. The SMILES string of the molecule is CCCCCCCCC=CC=CC=CC=CC=O. The maximum atomic E-state index is 9.97. The van der Waals surface area contributed by atoms with Crippen molar-refractivity contribution < 1.29 is 4.79 Å². The summed E-state index contributed by atoms with van der Waals surface area (Å²) in [6, 6.07) is 0. The van der Waals surface area contributed by atoms with Crippen molar-refractivity contribution in [2.24, 2.45) is 0 Å². The number of aldehydes is 1. The minimum Gasteiger partial charge on any atom is -0.299 e. The number of hydrogen-bond donors (Lipinski definition) is 0. The second-order valence-electron chi connectivity index (χ2n) is 4.28. The fraction of sp³-hybridized carbons (Fsp3) is 0.471. The molecule has 1 heteroatoms. The Morgan fingerprint density at radius 1 is 0.667 bits per heavy atom. The van der Waals surface area contributed by atoms with Gasteiger partial charge in [-0.3, -0.25) is 4.79 Å². The molecule has 0 fully saturated rings. The number of unbranched alkanes of at least 4 members (excludes halogenated alkanes) is 6. The van der Waals surface area contributed by atoms with Gasteiger partial charge in [0.2, 0.25) is 0 Å². The summed E-state index contributed by atoms with van der Waals surface area (Å²) in [5.41, 5.74) is 0. The van der Waals surface area contributed by atoms with Crippen molar-refractivity contribution in [2.75, 3.05) is 0 Å². The zero-order valence-electron chi connectivity index (χ0n) is 11.6. The van der Waals surface area contributed by atoms with Crippen LogP contribution < -0.4 is 0 Å². The molecule has 0 saturated heterocycles. The summed E-state index contributed by atoms with van der Waals surface area (Å²) >= 11 is 0. The number of carbonyl (C=O) groups excluding carboxylic acids is 1. The van der Waals surface area contributed by atoms with Gasteiger partial charge < -0.3 is 0 Å². The molecule has 100 valence electrons. The molecule has 18 heavy (non-hydrogen) atoms. The molecule has 0 aliphatic carbocycles. The number of rotatable bonds is 11. The van der Waals surface area contributed by atoms with Crippen LogP contribution in [0.5, 0.6) is 0 Å². The molecule has 0 aliphatic rings. The van der Waals surface area contributed by atoms with Crippen LogP contribution in [0.25, 0.3) is 0 Å². The average molecular weight is 246 g/mol. The first kappa shape index (κ1) is 16.6. The second-order valence-corrected chi connectivity index (χ2v) is 4.28. The van der Waals surface area contributed by atoms with Gasteiger partial charge in [0.1, 0.15) is 6.29 Å². The predicted octanol–water partition coefficient (Wildman–Crippen LogP) is 5.16. The first-order valence-corrected chi connectivity index (χ1v) is 7.02. The lowest BCUT2D eigenvalue weighted by Crippen LogP contribution is -1.77. The zero-order chi connectivity index (χ0) is 13.3. The van der Waals surface area contributed by atoms with Crippen LogP contribution in [0.15, 0.2) is 48.6 Å². The van der Waals surface area contributed by atoms with E-state index in [0.717, 1.165) is 6.29 Å². The predicted molar refractivity (Wildman–Crippen MR) is 80.6 cm³/mol. The van der Waals surface area contributed by atoms with Crippen LogP contribution in [0.4, 0.5) is 0 Å². The van der Waals surface area contributed by atoms with Gasteiger partial charge in [-0.15, -0.1) is 0 Å². The van der Waals surface area contributed by atoms with Crippen molar-refractivity contribution in [3.63, 3.8) is 0 Å². The van der Waals surface area contributed by atoms with Crippen molar-refractivity contribution in [1.29, 1.82) is 0 Å². The van der Waals surface area contributed by atoms with E-state index in [1.807, 2.05) is 24.3 Å². The van der Waals surface area contributed by atoms with E-state index in [-0.39, 0.29) is 0 Å². The van der Waals surface area contributed by atoms with Gasteiger partial charge in [-0.05, 0) is 18.9 Å². The molecule has 0 aromatic heterocycles. The van der Waals surface area contributed by atoms with E-state index in [9.17, 15) is 4.79 Å². The largest absolute Gasteiger partial charge is 0.299 e. The second kappa shape index (κ2) is 15.6. The smallest absolute Gasteiger partial charge is 0.142 e. The monoisotopic (exact) mass is 246 g/mol. The third-order valence-electron chi connectivity index (χ3n) is 2.61. The Balaban J connectivity index is 3.37. The van der Waals surface area contributed by atoms with Gasteiger partial charge in [0.05, 0.1) is 0 Å². The van der Waals surface area contributed by atoms with Crippen molar-refractivity contribution in [1.82, 2.24) is 0 Å². The Kier molecular flexibility index (Phi) is 14.4. The highest BCUT2D eigenvalue weighted by Crippen LogP contribution is 2.07. The van der Waals surface area contributed by atoms with E-state index < -0.39 is 0 Å². The summed E-state index contributed by atoms with van der Waals surface area (Å²) in [6.45, 7) is 2.25. The van der Waals surface area contributed by atoms with Crippen LogP contribution in [0.1, 0.15) is 51.9 Å². The van der Waals surface area contributed by atoms with Crippen LogP contribution in [0, 0.1) is 0 Å². The van der Waals surface area contributed by atoms with Crippen molar-refractivity contribution in [2.45, 2.75) is 51.9 Å². The summed E-state index contributed by atoms with van der Waals surface area (Å²) < 4.78 is 0. The third kappa shape index (κ3) is 14.6. The molecule has 0 aromatic carbocycles. The Morgan fingerprint density at radius 2 is 1.22 bits per heavy atom. The van der Waals surface area contributed by atoms with Gasteiger partial charge in [0, 0.05) is 0 Å². The van der Waals surface area contributed by atoms with Gasteiger partial charge in [-0.1, -0.05) is 81.6 Å². The standard InChI is InChI=1S/C17H26O/c1-2-3-4-5-6-7-8-9-10-11-12-13-14-15-16-17-18/h9-17H,2-8H2,1H3. The number of hydrogen-bond acceptors (Lipinski definition) is 1. The fourth-order valence-electron chi connectivity index (χ4n) is 1.58. The topological polar surface area (TPSA) is 17.1 Å². The van der Waals surface area contributed by atoms with Crippen LogP contribution in [-0.4, -0.2) is 6.29 Å². The molecule has 0 saturated carbocycles. The van der Waals surface area contributed by atoms with Crippen LogP contribution >= 0.6 is 0 Å². The Labute approximate surface area is 112 Å². The van der Waals surface area contributed by atoms with Crippen molar-refractivity contribution in [3.8, 4) is 0 Å². The van der Waals surface area contributed by atoms with E-state index in [0.29, 0.717) is 0 Å². The van der Waals surface area contributed by atoms with E-state index >= 15 is 0 Å². The molecule has 0 unspecified atom stereocenters. The van der Waals surface area contributed by atoms with Crippen LogP contribution in [0.3, 0.4) is 0 Å². The Hall–Kier alpha value is -1.37. The summed E-state index contributed by atoms with van der Waals surface area (Å²) in [5.74, 6) is 0. The average Bonchev–Trinajstić information content (AvgIpc) is 2.39. The van der Waals surface area contributed by atoms with Gasteiger partial charge in [-0.2, -0.15) is 0 Å². The third-order valence-corrected chi connectivity index (χ3v) is 2.61. The lowest BCUT2D eigenvalue weighted by atomic mass is 10.1. The maximum absolute atomic E-state index is 9.97. The van der Waals surface area contributed by atoms with Crippen molar-refractivity contribution in [3.05, 3.63) is 48.6 Å². The molecular weight excluding hydrogens is 220 g/mol.